The van der Waals surface area contributed by atoms with Crippen molar-refractivity contribution in [3.63, 3.8) is 0 Å². The third-order valence-corrected chi connectivity index (χ3v) is 6.19. The van der Waals surface area contributed by atoms with Gasteiger partial charge in [0.15, 0.2) is 5.96 Å². The van der Waals surface area contributed by atoms with Crippen LogP contribution in [0.15, 0.2) is 4.99 Å². The number of carbonyl (C=O) groups is 1. The van der Waals surface area contributed by atoms with Gasteiger partial charge >= 0.3 is 0 Å². The maximum absolute atomic E-state index is 11.4. The number of guanidine groups is 1. The zero-order valence-corrected chi connectivity index (χ0v) is 16.1. The number of methoxy groups -OCH3 is 1. The van der Waals surface area contributed by atoms with Crippen LogP contribution in [0.25, 0.3) is 0 Å². The second kappa shape index (κ2) is 7.30. The van der Waals surface area contributed by atoms with Crippen molar-refractivity contribution in [2.24, 2.45) is 10.4 Å². The maximum Gasteiger partial charge on any atom is 0.219 e. The highest BCUT2D eigenvalue weighted by molar-refractivity contribution is 5.81. The van der Waals surface area contributed by atoms with Crippen molar-refractivity contribution >= 4 is 11.9 Å². The molecule has 2 unspecified atom stereocenters. The second-order valence-corrected chi connectivity index (χ2v) is 7.81. The molecule has 2 aliphatic rings. The standard InChI is InChI=1S/C18H34N4O2/c1-7-19-16(20-14-8-10-22(11-9-14)13(2)23)21-15-12-18(5,24-6)17(15,3)4/h14-15H,7-12H2,1-6H3,(H2,19,20,21). The van der Waals surface area contributed by atoms with Crippen LogP contribution in [0.4, 0.5) is 0 Å². The van der Waals surface area contributed by atoms with E-state index in [2.05, 4.69) is 36.4 Å². The van der Waals surface area contributed by atoms with E-state index in [4.69, 9.17) is 4.74 Å². The van der Waals surface area contributed by atoms with Crippen LogP contribution in [0.1, 0.15) is 53.9 Å². The topological polar surface area (TPSA) is 66.0 Å². The van der Waals surface area contributed by atoms with Crippen LogP contribution >= 0.6 is 0 Å². The highest BCUT2D eigenvalue weighted by atomic mass is 16.5. The predicted octanol–water partition coefficient (Wildman–Crippen LogP) is 1.76. The highest BCUT2D eigenvalue weighted by Crippen LogP contribution is 2.51. The van der Waals surface area contributed by atoms with E-state index in [0.717, 1.165) is 44.9 Å². The Labute approximate surface area is 146 Å². The first kappa shape index (κ1) is 19.0. The number of amides is 1. The summed E-state index contributed by atoms with van der Waals surface area (Å²) in [6, 6.07) is 0.716. The summed E-state index contributed by atoms with van der Waals surface area (Å²) < 4.78 is 5.71. The summed E-state index contributed by atoms with van der Waals surface area (Å²) in [5.41, 5.74) is -0.0370. The van der Waals surface area contributed by atoms with Crippen molar-refractivity contribution in [3.05, 3.63) is 0 Å². The van der Waals surface area contributed by atoms with E-state index in [1.807, 2.05) is 11.8 Å². The molecular weight excluding hydrogens is 304 g/mol. The Hall–Kier alpha value is -1.30. The van der Waals surface area contributed by atoms with Gasteiger partial charge < -0.3 is 20.3 Å². The third-order valence-electron chi connectivity index (χ3n) is 6.19. The van der Waals surface area contributed by atoms with Gasteiger partial charge in [-0.25, -0.2) is 0 Å². The lowest BCUT2D eigenvalue weighted by molar-refractivity contribution is -0.176. The van der Waals surface area contributed by atoms with Gasteiger partial charge in [-0.1, -0.05) is 13.8 Å². The lowest BCUT2D eigenvalue weighted by Gasteiger charge is -2.59. The van der Waals surface area contributed by atoms with E-state index in [-0.39, 0.29) is 16.9 Å². The minimum atomic E-state index is -0.0885. The van der Waals surface area contributed by atoms with Crippen molar-refractivity contribution in [1.29, 1.82) is 0 Å². The van der Waals surface area contributed by atoms with Gasteiger partial charge in [-0.15, -0.1) is 0 Å². The largest absolute Gasteiger partial charge is 0.378 e. The number of hydrogen-bond acceptors (Lipinski definition) is 3. The molecule has 0 radical (unpaired) electrons. The van der Waals surface area contributed by atoms with Gasteiger partial charge in [0.25, 0.3) is 0 Å². The number of nitrogens with zero attached hydrogens (tertiary/aromatic N) is 2. The first-order valence-corrected chi connectivity index (χ1v) is 9.11. The molecule has 6 heteroatoms. The number of carbonyl (C=O) groups excluding carboxylic acids is 1. The molecule has 1 heterocycles. The normalized spacial score (nSPS) is 30.7. The average molecular weight is 338 g/mol. The van der Waals surface area contributed by atoms with E-state index in [1.165, 1.54) is 0 Å². The van der Waals surface area contributed by atoms with Crippen molar-refractivity contribution < 1.29 is 9.53 Å². The Kier molecular flexibility index (Phi) is 5.78. The summed E-state index contributed by atoms with van der Waals surface area (Å²) in [7, 11) is 1.79. The molecular formula is C18H34N4O2. The first-order valence-electron chi connectivity index (χ1n) is 9.11. The summed E-state index contributed by atoms with van der Waals surface area (Å²) in [5, 5.41) is 7.15. The molecule has 1 saturated heterocycles. The first-order chi connectivity index (χ1) is 11.2. The molecule has 1 amide bonds. The van der Waals surface area contributed by atoms with E-state index < -0.39 is 0 Å². The van der Waals surface area contributed by atoms with Gasteiger partial charge in [0.05, 0.1) is 5.60 Å². The van der Waals surface area contributed by atoms with Gasteiger partial charge in [-0.3, -0.25) is 9.79 Å². The molecule has 0 spiro atoms. The molecule has 138 valence electrons. The molecule has 2 rings (SSSR count). The smallest absolute Gasteiger partial charge is 0.219 e. The van der Waals surface area contributed by atoms with Crippen LogP contribution in [-0.2, 0) is 9.53 Å². The van der Waals surface area contributed by atoms with Gasteiger partial charge in [0.2, 0.25) is 5.91 Å². The van der Waals surface area contributed by atoms with Crippen LogP contribution in [0.3, 0.4) is 0 Å². The Bertz CT molecular complexity index is 483. The lowest BCUT2D eigenvalue weighted by atomic mass is 9.56. The number of piperidine rings is 1. The molecule has 0 aromatic carbocycles. The third kappa shape index (κ3) is 3.68. The second-order valence-electron chi connectivity index (χ2n) is 7.81. The molecule has 6 nitrogen and oxygen atoms in total. The van der Waals surface area contributed by atoms with E-state index in [9.17, 15) is 4.79 Å². The zero-order chi connectivity index (χ0) is 18.0. The predicted molar refractivity (Wildman–Crippen MR) is 97.1 cm³/mol. The Morgan fingerprint density at radius 3 is 2.33 bits per heavy atom. The zero-order valence-electron chi connectivity index (χ0n) is 16.1. The fourth-order valence-electron chi connectivity index (χ4n) is 3.71. The fourth-order valence-corrected chi connectivity index (χ4v) is 3.71. The minimum absolute atomic E-state index is 0.0515. The van der Waals surface area contributed by atoms with Crippen LogP contribution in [0.5, 0.6) is 0 Å². The highest BCUT2D eigenvalue weighted by Gasteiger charge is 2.58. The summed E-state index contributed by atoms with van der Waals surface area (Å²) in [5.74, 6) is 1.05. The van der Waals surface area contributed by atoms with Crippen LogP contribution in [0, 0.1) is 5.41 Å². The monoisotopic (exact) mass is 338 g/mol. The van der Waals surface area contributed by atoms with Crippen molar-refractivity contribution in [1.82, 2.24) is 15.5 Å². The van der Waals surface area contributed by atoms with Crippen LogP contribution < -0.4 is 10.6 Å². The van der Waals surface area contributed by atoms with Crippen LogP contribution in [-0.4, -0.2) is 61.2 Å². The van der Waals surface area contributed by atoms with Gasteiger partial charge in [0.1, 0.15) is 0 Å². The van der Waals surface area contributed by atoms with Gasteiger partial charge in [-0.2, -0.15) is 0 Å². The molecule has 1 saturated carbocycles. The molecule has 24 heavy (non-hydrogen) atoms. The van der Waals surface area contributed by atoms with Gasteiger partial charge in [-0.05, 0) is 33.1 Å². The lowest BCUT2D eigenvalue weighted by Crippen LogP contribution is -2.70. The van der Waals surface area contributed by atoms with Crippen LogP contribution in [0.2, 0.25) is 0 Å². The van der Waals surface area contributed by atoms with E-state index >= 15 is 0 Å². The molecule has 2 N–H and O–H groups in total. The molecule has 1 aliphatic carbocycles. The number of aliphatic imine (C=N–C) groups is 1. The summed E-state index contributed by atoms with van der Waals surface area (Å²) in [6.07, 6.45) is 2.91. The number of ether oxygens (including phenoxy) is 1. The quantitative estimate of drug-likeness (QED) is 0.605. The minimum Gasteiger partial charge on any atom is -0.378 e. The molecule has 2 fully saturated rings. The fraction of sp³-hybridized carbons (Fsp3) is 0.889. The number of likely N-dealkylation sites (tertiary alicyclic amines) is 1. The van der Waals surface area contributed by atoms with E-state index in [0.29, 0.717) is 12.1 Å². The summed E-state index contributed by atoms with van der Waals surface area (Å²) in [6.45, 7) is 12.7. The average Bonchev–Trinajstić information content (AvgIpc) is 2.54. The van der Waals surface area contributed by atoms with Crippen molar-refractivity contribution in [3.8, 4) is 0 Å². The SMILES string of the molecule is CCN=C(NC1CCN(C(C)=O)CC1)NC1CC(C)(OC)C1(C)C. The molecule has 0 aromatic heterocycles. The van der Waals surface area contributed by atoms with Gasteiger partial charge in [0, 0.05) is 51.2 Å². The molecule has 1 aliphatic heterocycles. The molecule has 0 aromatic rings. The number of nitrogens with one attached hydrogen (secondary N) is 2. The molecule has 2 atom stereocenters. The van der Waals surface area contributed by atoms with Crippen molar-refractivity contribution in [2.45, 2.75) is 71.6 Å². The van der Waals surface area contributed by atoms with E-state index in [1.54, 1.807) is 14.0 Å². The molecule has 0 bridgehead atoms. The Morgan fingerprint density at radius 1 is 1.25 bits per heavy atom. The summed E-state index contributed by atoms with van der Waals surface area (Å²) >= 11 is 0. The maximum atomic E-state index is 11.4. The Balaban J connectivity index is 1.90. The van der Waals surface area contributed by atoms with Crippen molar-refractivity contribution in [2.75, 3.05) is 26.7 Å². The summed E-state index contributed by atoms with van der Waals surface area (Å²) in [4.78, 5) is 18.0. The number of hydrogen-bond donors (Lipinski definition) is 2. The number of rotatable bonds is 4. The Morgan fingerprint density at radius 2 is 1.88 bits per heavy atom.